The van der Waals surface area contributed by atoms with Gasteiger partial charge in [0.2, 0.25) is 5.79 Å². The number of carbonyl (C=O) groups excluding carboxylic acids is 1. The molecule has 0 aliphatic heterocycles. The molecule has 1 fully saturated rings. The van der Waals surface area contributed by atoms with Crippen LogP contribution in [0.25, 0.3) is 0 Å². The summed E-state index contributed by atoms with van der Waals surface area (Å²) < 4.78 is 15.4. The molecule has 0 aromatic carbocycles. The van der Waals surface area contributed by atoms with Crippen molar-refractivity contribution in [2.45, 2.75) is 57.7 Å². The van der Waals surface area contributed by atoms with Crippen LogP contribution in [0.5, 0.6) is 0 Å². The molecule has 0 amide bonds. The first-order valence-corrected chi connectivity index (χ1v) is 5.58. The Morgan fingerprint density at radius 1 is 1.50 bits per heavy atom. The maximum absolute atomic E-state index is 10.9. The van der Waals surface area contributed by atoms with Crippen molar-refractivity contribution in [2.75, 3.05) is 7.11 Å². The lowest BCUT2D eigenvalue weighted by Gasteiger charge is -2.39. The minimum Gasteiger partial charge on any atom is -0.457 e. The monoisotopic (exact) mass is 232 g/mol. The first-order chi connectivity index (χ1) is 7.48. The number of esters is 1. The lowest BCUT2D eigenvalue weighted by molar-refractivity contribution is -0.325. The summed E-state index contributed by atoms with van der Waals surface area (Å²) in [4.78, 5) is 10.9. The molecule has 0 aromatic heterocycles. The van der Waals surface area contributed by atoms with E-state index in [1.54, 1.807) is 6.92 Å². The average Bonchev–Trinajstić information content (AvgIpc) is 2.21. The van der Waals surface area contributed by atoms with E-state index in [9.17, 15) is 9.90 Å². The van der Waals surface area contributed by atoms with Crippen LogP contribution in [0.2, 0.25) is 0 Å². The van der Waals surface area contributed by atoms with Crippen LogP contribution >= 0.6 is 0 Å². The van der Waals surface area contributed by atoms with Crippen molar-refractivity contribution in [3.05, 3.63) is 0 Å². The summed E-state index contributed by atoms with van der Waals surface area (Å²) >= 11 is 0. The topological polar surface area (TPSA) is 65.0 Å². The van der Waals surface area contributed by atoms with Gasteiger partial charge in [0.15, 0.2) is 12.4 Å². The maximum Gasteiger partial charge on any atom is 0.303 e. The summed E-state index contributed by atoms with van der Waals surface area (Å²) in [7, 11) is 1.50. The second-order valence-electron chi connectivity index (χ2n) is 4.11. The molecule has 0 radical (unpaired) electrons. The Bertz CT molecular complexity index is 243. The Labute approximate surface area is 95.7 Å². The molecule has 1 aliphatic rings. The van der Waals surface area contributed by atoms with Gasteiger partial charge in [-0.3, -0.25) is 4.79 Å². The second kappa shape index (κ2) is 5.61. The molecule has 1 saturated carbocycles. The summed E-state index contributed by atoms with van der Waals surface area (Å²) in [6.45, 7) is 3.02. The molecule has 3 atom stereocenters. The molecule has 0 bridgehead atoms. The lowest BCUT2D eigenvalue weighted by Crippen LogP contribution is -2.51. The normalized spacial score (nSPS) is 32.1. The van der Waals surface area contributed by atoms with E-state index < -0.39 is 24.2 Å². The first-order valence-electron chi connectivity index (χ1n) is 5.58. The smallest absolute Gasteiger partial charge is 0.303 e. The molecule has 1 N–H and O–H groups in total. The third-order valence-electron chi connectivity index (χ3n) is 2.76. The highest BCUT2D eigenvalue weighted by molar-refractivity contribution is 5.66. The molecule has 0 aromatic rings. The zero-order chi connectivity index (χ0) is 12.2. The van der Waals surface area contributed by atoms with Gasteiger partial charge in [0.1, 0.15) is 0 Å². The van der Waals surface area contributed by atoms with Gasteiger partial charge in [-0.1, -0.05) is 0 Å². The van der Waals surface area contributed by atoms with Crippen LogP contribution in [0.1, 0.15) is 39.5 Å². The van der Waals surface area contributed by atoms with Crippen molar-refractivity contribution in [3.63, 3.8) is 0 Å². The van der Waals surface area contributed by atoms with Gasteiger partial charge in [0.05, 0.1) is 0 Å². The van der Waals surface area contributed by atoms with E-state index in [1.807, 2.05) is 0 Å². The van der Waals surface area contributed by atoms with Gasteiger partial charge in [-0.05, 0) is 26.2 Å². The Morgan fingerprint density at radius 2 is 2.19 bits per heavy atom. The fourth-order valence-electron chi connectivity index (χ4n) is 1.92. The van der Waals surface area contributed by atoms with Gasteiger partial charge < -0.3 is 19.3 Å². The lowest BCUT2D eigenvalue weighted by atomic mass is 9.91. The molecule has 0 heterocycles. The van der Waals surface area contributed by atoms with Gasteiger partial charge in [0, 0.05) is 20.5 Å². The van der Waals surface area contributed by atoms with Crippen LogP contribution < -0.4 is 0 Å². The highest BCUT2D eigenvalue weighted by Gasteiger charge is 2.43. The van der Waals surface area contributed by atoms with Crippen LogP contribution in [-0.2, 0) is 19.0 Å². The molecule has 1 aliphatic carbocycles. The molecule has 5 heteroatoms. The second-order valence-corrected chi connectivity index (χ2v) is 4.11. The molecule has 3 unspecified atom stereocenters. The predicted octanol–water partition coefficient (Wildman–Crippen LogP) is 1.19. The Hall–Kier alpha value is -0.650. The van der Waals surface area contributed by atoms with Crippen LogP contribution in [0.15, 0.2) is 0 Å². The molecule has 0 saturated heterocycles. The van der Waals surface area contributed by atoms with Crippen LogP contribution in [-0.4, -0.2) is 36.4 Å². The van der Waals surface area contributed by atoms with Crippen LogP contribution in [0.3, 0.4) is 0 Å². The SMILES string of the molecule is COC(C)OC1(O)CCCCC1OC(C)=O. The fourth-order valence-corrected chi connectivity index (χ4v) is 1.92. The quantitative estimate of drug-likeness (QED) is 0.582. The van der Waals surface area contributed by atoms with Crippen molar-refractivity contribution in [2.24, 2.45) is 0 Å². The van der Waals surface area contributed by atoms with Gasteiger partial charge in [-0.2, -0.15) is 0 Å². The number of ether oxygens (including phenoxy) is 3. The molecule has 94 valence electrons. The minimum atomic E-state index is -1.42. The number of hydrogen-bond acceptors (Lipinski definition) is 5. The number of carbonyl (C=O) groups is 1. The van der Waals surface area contributed by atoms with E-state index in [0.29, 0.717) is 12.8 Å². The van der Waals surface area contributed by atoms with Crippen LogP contribution in [0, 0.1) is 0 Å². The van der Waals surface area contributed by atoms with E-state index in [4.69, 9.17) is 14.2 Å². The van der Waals surface area contributed by atoms with E-state index in [-0.39, 0.29) is 0 Å². The average molecular weight is 232 g/mol. The third kappa shape index (κ3) is 3.43. The van der Waals surface area contributed by atoms with Gasteiger partial charge >= 0.3 is 5.97 Å². The molecule has 0 spiro atoms. The Balaban J connectivity index is 2.66. The largest absolute Gasteiger partial charge is 0.457 e. The van der Waals surface area contributed by atoms with Crippen molar-refractivity contribution in [3.8, 4) is 0 Å². The molecule has 5 nitrogen and oxygen atoms in total. The van der Waals surface area contributed by atoms with E-state index in [1.165, 1.54) is 14.0 Å². The highest BCUT2D eigenvalue weighted by atomic mass is 16.7. The van der Waals surface area contributed by atoms with Crippen LogP contribution in [0.4, 0.5) is 0 Å². The molecule has 16 heavy (non-hydrogen) atoms. The van der Waals surface area contributed by atoms with E-state index >= 15 is 0 Å². The number of hydrogen-bond donors (Lipinski definition) is 1. The molecular formula is C11H20O5. The third-order valence-corrected chi connectivity index (χ3v) is 2.76. The Kier molecular flexibility index (Phi) is 4.70. The maximum atomic E-state index is 10.9. The van der Waals surface area contributed by atoms with Crippen molar-refractivity contribution in [1.29, 1.82) is 0 Å². The number of rotatable bonds is 4. The van der Waals surface area contributed by atoms with Crippen molar-refractivity contribution in [1.82, 2.24) is 0 Å². The van der Waals surface area contributed by atoms with Crippen molar-refractivity contribution < 1.29 is 24.1 Å². The summed E-state index contributed by atoms with van der Waals surface area (Å²) in [5, 5.41) is 10.3. The summed E-state index contributed by atoms with van der Waals surface area (Å²) in [5.74, 6) is -1.82. The fraction of sp³-hybridized carbons (Fsp3) is 0.909. The standard InChI is InChI=1S/C11H20O5/c1-8(12)15-10-6-4-5-7-11(10,13)16-9(2)14-3/h9-10,13H,4-7H2,1-3H3. The van der Waals surface area contributed by atoms with Gasteiger partial charge in [-0.25, -0.2) is 0 Å². The molecule has 1 rings (SSSR count). The van der Waals surface area contributed by atoms with Crippen molar-refractivity contribution >= 4 is 5.97 Å². The predicted molar refractivity (Wildman–Crippen MR) is 56.5 cm³/mol. The highest BCUT2D eigenvalue weighted by Crippen LogP contribution is 2.33. The molecular weight excluding hydrogens is 212 g/mol. The first kappa shape index (κ1) is 13.4. The van der Waals surface area contributed by atoms with E-state index in [0.717, 1.165) is 12.8 Å². The zero-order valence-corrected chi connectivity index (χ0v) is 10.1. The Morgan fingerprint density at radius 3 is 2.75 bits per heavy atom. The number of methoxy groups -OCH3 is 1. The summed E-state index contributed by atoms with van der Waals surface area (Å²) in [6.07, 6.45) is 1.72. The minimum absolute atomic E-state index is 0.404. The number of aliphatic hydroxyl groups is 1. The van der Waals surface area contributed by atoms with Gasteiger partial charge in [0.25, 0.3) is 0 Å². The zero-order valence-electron chi connectivity index (χ0n) is 10.1. The van der Waals surface area contributed by atoms with E-state index in [2.05, 4.69) is 0 Å². The summed E-state index contributed by atoms with van der Waals surface area (Å²) in [6, 6.07) is 0. The van der Waals surface area contributed by atoms with Gasteiger partial charge in [-0.15, -0.1) is 0 Å². The summed E-state index contributed by atoms with van der Waals surface area (Å²) in [5.41, 5.74) is 0.